The van der Waals surface area contributed by atoms with Gasteiger partial charge >= 0.3 is 7.60 Å². The zero-order valence-corrected chi connectivity index (χ0v) is 8.08. The quantitative estimate of drug-likeness (QED) is 0.622. The van der Waals surface area contributed by atoms with Crippen LogP contribution in [0, 0.1) is 0 Å². The van der Waals surface area contributed by atoms with Gasteiger partial charge in [-0.25, -0.2) is 4.99 Å². The zero-order chi connectivity index (χ0) is 9.03. The number of hydrogen-bond acceptors (Lipinski definition) is 4. The molecule has 0 bridgehead atoms. The minimum Gasteiger partial charge on any atom is -0.304 e. The van der Waals surface area contributed by atoms with Gasteiger partial charge in [0, 0.05) is 6.20 Å². The smallest absolute Gasteiger partial charge is 0.304 e. The Bertz CT molecular complexity index is 249. The van der Waals surface area contributed by atoms with Crippen LogP contribution < -0.4 is 0 Å². The highest BCUT2D eigenvalue weighted by Crippen LogP contribution is 2.51. The Balaban J connectivity index is 2.65. The summed E-state index contributed by atoms with van der Waals surface area (Å²) in [6.07, 6.45) is 3.21. The maximum Gasteiger partial charge on any atom is 0.379 e. The van der Waals surface area contributed by atoms with Crippen molar-refractivity contribution >= 4 is 13.0 Å². The molecule has 0 radical (unpaired) electrons. The van der Waals surface area contributed by atoms with Gasteiger partial charge in [0.25, 0.3) is 0 Å². The molecule has 0 aliphatic carbocycles. The summed E-state index contributed by atoms with van der Waals surface area (Å²) in [5, 5.41) is 0. The highest BCUT2D eigenvalue weighted by atomic mass is 31.2. The molecule has 68 valence electrons. The second kappa shape index (κ2) is 3.99. The third kappa shape index (κ3) is 1.83. The van der Waals surface area contributed by atoms with Gasteiger partial charge in [-0.1, -0.05) is 0 Å². The molecule has 4 nitrogen and oxygen atoms in total. The molecule has 0 unspecified atom stereocenters. The Morgan fingerprint density at radius 3 is 2.17 bits per heavy atom. The molecule has 0 fully saturated rings. The van der Waals surface area contributed by atoms with Crippen LogP contribution in [0.4, 0.5) is 0 Å². The van der Waals surface area contributed by atoms with Gasteiger partial charge in [-0.05, 0) is 19.9 Å². The lowest BCUT2D eigenvalue weighted by Gasteiger charge is -2.18. The fraction of sp³-hybridized carbons (Fsp3) is 0.571. The number of hydrogen-bond donors (Lipinski definition) is 0. The van der Waals surface area contributed by atoms with Gasteiger partial charge in [0.2, 0.25) is 0 Å². The molecule has 1 aliphatic rings. The molecule has 0 spiro atoms. The van der Waals surface area contributed by atoms with Crippen LogP contribution in [-0.2, 0) is 13.6 Å². The molecule has 0 aromatic rings. The summed E-state index contributed by atoms with van der Waals surface area (Å²) < 4.78 is 21.8. The molecule has 1 heterocycles. The lowest BCUT2D eigenvalue weighted by molar-refractivity contribution is 0.232. The van der Waals surface area contributed by atoms with Crippen molar-refractivity contribution in [3.8, 4) is 0 Å². The van der Waals surface area contributed by atoms with E-state index in [2.05, 4.69) is 4.99 Å². The Hall–Kier alpha value is -0.440. The summed E-state index contributed by atoms with van der Waals surface area (Å²) in [4.78, 5) is 3.80. The van der Waals surface area contributed by atoms with Crippen molar-refractivity contribution in [1.82, 2.24) is 0 Å². The Labute approximate surface area is 71.8 Å². The minimum absolute atomic E-state index is 0.365. The van der Waals surface area contributed by atoms with E-state index in [1.807, 2.05) is 0 Å². The van der Waals surface area contributed by atoms with E-state index in [-0.39, 0.29) is 0 Å². The lowest BCUT2D eigenvalue weighted by Crippen LogP contribution is -2.07. The first-order chi connectivity index (χ1) is 5.73. The van der Waals surface area contributed by atoms with E-state index in [0.717, 1.165) is 0 Å². The van der Waals surface area contributed by atoms with E-state index in [1.54, 1.807) is 26.1 Å². The molecule has 0 aromatic carbocycles. The van der Waals surface area contributed by atoms with Crippen LogP contribution in [0.1, 0.15) is 13.8 Å². The van der Waals surface area contributed by atoms with Crippen molar-refractivity contribution in [2.24, 2.45) is 4.99 Å². The fourth-order valence-electron chi connectivity index (χ4n) is 0.813. The lowest BCUT2D eigenvalue weighted by atomic mass is 10.6. The molecular weight excluding hydrogens is 177 g/mol. The molecule has 5 heteroatoms. The Morgan fingerprint density at radius 1 is 1.42 bits per heavy atom. The van der Waals surface area contributed by atoms with E-state index in [9.17, 15) is 4.57 Å². The third-order valence-electron chi connectivity index (χ3n) is 1.31. The van der Waals surface area contributed by atoms with E-state index in [0.29, 0.717) is 18.7 Å². The van der Waals surface area contributed by atoms with E-state index in [4.69, 9.17) is 9.05 Å². The normalized spacial score (nSPS) is 15.7. The van der Waals surface area contributed by atoms with Crippen LogP contribution in [0.3, 0.4) is 0 Å². The largest absolute Gasteiger partial charge is 0.379 e. The molecule has 0 aromatic heterocycles. The first-order valence-corrected chi connectivity index (χ1v) is 5.41. The van der Waals surface area contributed by atoms with Gasteiger partial charge in [-0.2, -0.15) is 0 Å². The molecule has 1 rings (SSSR count). The van der Waals surface area contributed by atoms with Crippen molar-refractivity contribution in [1.29, 1.82) is 0 Å². The van der Waals surface area contributed by atoms with Gasteiger partial charge < -0.3 is 9.05 Å². The number of allylic oxidation sites excluding steroid dienone is 1. The monoisotopic (exact) mass is 189 g/mol. The van der Waals surface area contributed by atoms with Gasteiger partial charge in [0.1, 0.15) is 0 Å². The fourth-order valence-corrected chi connectivity index (χ4v) is 2.29. The standard InChI is InChI=1S/C7H12NO3P/c1-3-10-12(9,11-4-2)7-5-6-8-7/h5-6H,3-4H2,1-2H3. The number of aliphatic imine (C=N–C) groups is 1. The average molecular weight is 189 g/mol. The zero-order valence-electron chi connectivity index (χ0n) is 7.19. The number of rotatable bonds is 5. The van der Waals surface area contributed by atoms with Crippen molar-refractivity contribution in [3.63, 3.8) is 0 Å². The van der Waals surface area contributed by atoms with Crippen molar-refractivity contribution in [3.05, 3.63) is 12.3 Å². The SMILES string of the molecule is CCOP(=O)(OCC)C1=NC=C1. The molecule has 0 amide bonds. The summed E-state index contributed by atoms with van der Waals surface area (Å²) in [6.45, 7) is 4.28. The molecule has 0 N–H and O–H groups in total. The summed E-state index contributed by atoms with van der Waals surface area (Å²) in [7, 11) is -3.06. The predicted molar refractivity (Wildman–Crippen MR) is 47.4 cm³/mol. The van der Waals surface area contributed by atoms with Crippen LogP contribution in [-0.4, -0.2) is 18.7 Å². The molecule has 12 heavy (non-hydrogen) atoms. The van der Waals surface area contributed by atoms with Crippen molar-refractivity contribution in [2.75, 3.05) is 13.2 Å². The van der Waals surface area contributed by atoms with Gasteiger partial charge in [0.15, 0.2) is 5.45 Å². The topological polar surface area (TPSA) is 47.9 Å². The third-order valence-corrected chi connectivity index (χ3v) is 3.33. The van der Waals surface area contributed by atoms with Crippen molar-refractivity contribution < 1.29 is 13.6 Å². The second-order valence-electron chi connectivity index (χ2n) is 2.14. The van der Waals surface area contributed by atoms with Gasteiger partial charge in [-0.15, -0.1) is 0 Å². The van der Waals surface area contributed by atoms with Gasteiger partial charge in [0.05, 0.1) is 13.2 Å². The van der Waals surface area contributed by atoms with E-state index < -0.39 is 7.60 Å². The minimum atomic E-state index is -3.06. The van der Waals surface area contributed by atoms with Crippen LogP contribution in [0.15, 0.2) is 17.3 Å². The molecule has 0 saturated carbocycles. The Morgan fingerprint density at radius 2 is 1.92 bits per heavy atom. The first kappa shape index (κ1) is 9.65. The van der Waals surface area contributed by atoms with Crippen LogP contribution in [0.2, 0.25) is 0 Å². The molecule has 0 saturated heterocycles. The highest BCUT2D eigenvalue weighted by Gasteiger charge is 2.31. The van der Waals surface area contributed by atoms with E-state index >= 15 is 0 Å². The maximum atomic E-state index is 11.8. The summed E-state index contributed by atoms with van der Waals surface area (Å²) in [6, 6.07) is 0. The van der Waals surface area contributed by atoms with Gasteiger partial charge in [-0.3, -0.25) is 4.57 Å². The summed E-state index contributed by atoms with van der Waals surface area (Å²) in [5.74, 6) is 0. The van der Waals surface area contributed by atoms with Crippen LogP contribution in [0.25, 0.3) is 0 Å². The first-order valence-electron chi connectivity index (χ1n) is 3.87. The van der Waals surface area contributed by atoms with Crippen LogP contribution in [0.5, 0.6) is 0 Å². The highest BCUT2D eigenvalue weighted by molar-refractivity contribution is 7.73. The molecule has 0 atom stereocenters. The second-order valence-corrected chi connectivity index (χ2v) is 4.11. The molecule has 1 aliphatic heterocycles. The predicted octanol–water partition coefficient (Wildman–Crippen LogP) is 2.18. The summed E-state index contributed by atoms with van der Waals surface area (Å²) in [5.41, 5.74) is 0.422. The Kier molecular flexibility index (Phi) is 3.20. The van der Waals surface area contributed by atoms with Crippen molar-refractivity contribution in [2.45, 2.75) is 13.8 Å². The maximum absolute atomic E-state index is 11.8. The average Bonchev–Trinajstić information content (AvgIpc) is 1.82. The summed E-state index contributed by atoms with van der Waals surface area (Å²) >= 11 is 0. The van der Waals surface area contributed by atoms with E-state index in [1.165, 1.54) is 0 Å². The molecular formula is C7H12NO3P. The number of nitrogens with zero attached hydrogens (tertiary/aromatic N) is 1. The van der Waals surface area contributed by atoms with Crippen LogP contribution >= 0.6 is 7.60 Å².